The van der Waals surface area contributed by atoms with E-state index in [9.17, 15) is 54.0 Å². The number of aryl methyl sites for hydroxylation is 3. The van der Waals surface area contributed by atoms with Crippen LogP contribution >= 0.6 is 50.2 Å². The Kier molecular flexibility index (Phi) is 33.5. The van der Waals surface area contributed by atoms with Crippen molar-refractivity contribution in [1.82, 2.24) is 15.6 Å². The standard InChI is InChI=1S/C28H32N4O6S2.C27H31N3O6S.C26H26BrClN2O5S2.C23H27N3O4/c1-17-27(39-28(29-17)30-18(2)33)40(35,36)31-21-7-6-8-22(15-21)32-16-20(14-26(32)34)19-11-12-24(37-3)25(13-19)38-23-9-4-5-10-23;1-17-27(18(2)36-28-17)37(32,33)29-21-7-6-8-22(15-21)30-16-20(14-26(30)31)19-11-12-24(34-3)25(13-19)35-23-9-4-5-10-23;1-34-22-10-9-16(11-23(22)35-20-7-2-3-8-20)17-12-24(31)30(15-17)19-6-4-5-18(13-19)29-37(32,33)25-14-21(27)26(28)36-25;1-29-20-10-9-15(12-21(20)30-19-7-2-3-8-19)17-13-22(27)26(14-17)18-6-4-5-16(11-18)23(28)25-24/h6-8,11-13,15,20,23,31H,4-5,9-10,14,16H2,1-3H3,(H,29,30,33);6-8,11-13,15,20,23,29H,4-5,9-10,14,16H2,1-3H3;4-6,9-11,13-14,17,20,29H,2-3,7-8,12,15H2,1H3;4-6,9-12,17,19H,2-3,7-8,13-14,24H2,1H3,(H,25,28). The van der Waals surface area contributed by atoms with Crippen molar-refractivity contribution in [1.29, 1.82) is 0 Å². The highest BCUT2D eigenvalue weighted by atomic mass is 79.9. The number of carbonyl (C=O) groups excluding carboxylic acids is 6. The van der Waals surface area contributed by atoms with Crippen molar-refractivity contribution in [3.05, 3.63) is 230 Å². The van der Waals surface area contributed by atoms with Gasteiger partial charge in [0.2, 0.25) is 29.5 Å². The van der Waals surface area contributed by atoms with Crippen molar-refractivity contribution in [2.24, 2.45) is 5.84 Å². The van der Waals surface area contributed by atoms with Crippen LogP contribution in [-0.2, 0) is 54.0 Å². The Morgan fingerprint density at radius 1 is 0.431 bits per heavy atom. The van der Waals surface area contributed by atoms with Gasteiger partial charge in [0.05, 0.1) is 75.6 Å². The molecule has 7 N–H and O–H groups in total. The van der Waals surface area contributed by atoms with Crippen LogP contribution in [0.1, 0.15) is 209 Å². The average molecular weight is 2150 g/mol. The van der Waals surface area contributed by atoms with Crippen LogP contribution in [0.15, 0.2) is 198 Å². The number of nitrogen functional groups attached to an aromatic ring is 1. The van der Waals surface area contributed by atoms with Gasteiger partial charge in [-0.3, -0.25) is 48.4 Å². The first-order valence-electron chi connectivity index (χ1n) is 47.9. The van der Waals surface area contributed by atoms with Crippen LogP contribution in [0.2, 0.25) is 4.34 Å². The van der Waals surface area contributed by atoms with Gasteiger partial charge in [-0.15, -0.1) is 11.3 Å². The van der Waals surface area contributed by atoms with Crippen molar-refractivity contribution in [2.45, 2.75) is 218 Å². The maximum absolute atomic E-state index is 13.1. The molecule has 144 heavy (non-hydrogen) atoms. The number of hydrazine groups is 1. The molecule has 8 aromatic carbocycles. The van der Waals surface area contributed by atoms with E-state index in [0.717, 1.165) is 121 Å². The number of nitrogens with zero attached hydrogens (tertiary/aromatic N) is 6. The van der Waals surface area contributed by atoms with E-state index in [1.54, 1.807) is 160 Å². The number of hydrogen-bond donors (Lipinski definition) is 6. The third kappa shape index (κ3) is 25.2. The van der Waals surface area contributed by atoms with E-state index in [-0.39, 0.29) is 119 Å². The van der Waals surface area contributed by atoms with Crippen LogP contribution in [0.5, 0.6) is 46.0 Å². The van der Waals surface area contributed by atoms with Crippen LogP contribution in [0.4, 0.5) is 44.9 Å². The number of amides is 6. The van der Waals surface area contributed by atoms with Gasteiger partial charge in [-0.2, -0.15) is 0 Å². The summed E-state index contributed by atoms with van der Waals surface area (Å²) in [5.41, 5.74) is 10.8. The number of thiazole rings is 1. The van der Waals surface area contributed by atoms with E-state index < -0.39 is 30.1 Å². The first-order valence-corrected chi connectivity index (χ1v) is 55.2. The fourth-order valence-corrected chi connectivity index (χ4v) is 26.7. The van der Waals surface area contributed by atoms with Crippen LogP contribution < -0.4 is 88.2 Å². The maximum atomic E-state index is 13.1. The minimum atomic E-state index is -3.96. The maximum Gasteiger partial charge on any atom is 0.273 e. The lowest BCUT2D eigenvalue weighted by atomic mass is 9.98. The summed E-state index contributed by atoms with van der Waals surface area (Å²) < 4.78 is 138. The topological polar surface area (TPSA) is 417 Å². The molecule has 7 heterocycles. The highest BCUT2D eigenvalue weighted by Gasteiger charge is 2.40. The first-order chi connectivity index (χ1) is 69.2. The molecule has 762 valence electrons. The molecule has 4 aliphatic heterocycles. The molecule has 0 radical (unpaired) electrons. The van der Waals surface area contributed by atoms with Gasteiger partial charge in [0.15, 0.2) is 66.0 Å². The fraction of sp³-hybridized carbons (Fsp3) is 0.385. The monoisotopic (exact) mass is 2140 g/mol. The van der Waals surface area contributed by atoms with E-state index in [0.29, 0.717) is 141 Å². The SMILES string of the molecule is COc1ccc(C2CC(=O)N(c3cccc(C(=O)NN)c3)C2)cc1OC1CCCC1.COc1ccc(C2CC(=O)N(c3cccc(NS(=O)(=O)c4c(C)noc4C)c3)C2)cc1OC1CCCC1.COc1ccc(C2CC(=O)N(c3cccc(NS(=O)(=O)c4cc(Br)c(Cl)s4)c3)C2)cc1OC1CCCC1.COc1ccc(C2CC(=O)N(c3cccc(NS(=O)(=O)c4sc(NC(C)=O)nc4C)c3)C2)cc1OC1CCCC1. The molecule has 40 heteroatoms. The van der Waals surface area contributed by atoms with Crippen molar-refractivity contribution >= 4 is 161 Å². The van der Waals surface area contributed by atoms with E-state index in [1.165, 1.54) is 51.5 Å². The van der Waals surface area contributed by atoms with Gasteiger partial charge in [0.1, 0.15) is 14.2 Å². The lowest BCUT2D eigenvalue weighted by Crippen LogP contribution is -2.30. The highest BCUT2D eigenvalue weighted by Crippen LogP contribution is 2.47. The van der Waals surface area contributed by atoms with Crippen molar-refractivity contribution < 1.29 is 96.4 Å². The number of anilines is 8. The lowest BCUT2D eigenvalue weighted by molar-refractivity contribution is -0.118. The normalized spacial score (nSPS) is 18.4. The minimum Gasteiger partial charge on any atom is -0.493 e. The molecule has 0 bridgehead atoms. The molecule has 19 rings (SSSR count). The van der Waals surface area contributed by atoms with Gasteiger partial charge < -0.3 is 67.3 Å². The highest BCUT2D eigenvalue weighted by molar-refractivity contribution is 9.10. The Morgan fingerprint density at radius 3 is 1.08 bits per heavy atom. The minimum absolute atomic E-state index is 0.00842. The fourth-order valence-electron chi connectivity index (χ4n) is 19.5. The van der Waals surface area contributed by atoms with Crippen LogP contribution in [0.25, 0.3) is 0 Å². The smallest absolute Gasteiger partial charge is 0.273 e. The summed E-state index contributed by atoms with van der Waals surface area (Å²) in [5.74, 6) is 10.3. The molecule has 4 aliphatic carbocycles. The summed E-state index contributed by atoms with van der Waals surface area (Å²) in [7, 11) is -5.16. The van der Waals surface area contributed by atoms with Crippen LogP contribution in [-0.4, -0.2) is 150 Å². The van der Waals surface area contributed by atoms with E-state index >= 15 is 0 Å². The van der Waals surface area contributed by atoms with Crippen molar-refractivity contribution in [3.63, 3.8) is 0 Å². The molecule has 3 aromatic heterocycles. The summed E-state index contributed by atoms with van der Waals surface area (Å²) in [6.07, 6.45) is 20.0. The Bertz CT molecular complexity index is 6880. The number of halogens is 2. The summed E-state index contributed by atoms with van der Waals surface area (Å²) >= 11 is 11.1. The molecule has 33 nitrogen and oxygen atoms in total. The number of thiophene rings is 1. The largest absolute Gasteiger partial charge is 0.493 e. The Morgan fingerprint density at radius 2 is 0.764 bits per heavy atom. The van der Waals surface area contributed by atoms with E-state index in [4.69, 9.17) is 59.9 Å². The number of nitrogens with two attached hydrogens (primary N) is 1. The summed E-state index contributed by atoms with van der Waals surface area (Å²) in [4.78, 5) is 86.0. The molecule has 4 unspecified atom stereocenters. The summed E-state index contributed by atoms with van der Waals surface area (Å²) in [6, 6.07) is 52.4. The summed E-state index contributed by atoms with van der Waals surface area (Å²) in [6.45, 7) is 7.99. The van der Waals surface area contributed by atoms with Crippen LogP contribution in [0.3, 0.4) is 0 Å². The molecule has 6 amide bonds. The van der Waals surface area contributed by atoms with Crippen LogP contribution in [0, 0.1) is 20.8 Å². The predicted molar refractivity (Wildman–Crippen MR) is 556 cm³/mol. The molecule has 0 spiro atoms. The van der Waals surface area contributed by atoms with Crippen molar-refractivity contribution in [2.75, 3.05) is 93.7 Å². The number of benzene rings is 8. The number of nitrogens with one attached hydrogen (secondary N) is 5. The molecule has 8 fully saturated rings. The first kappa shape index (κ1) is 104. The second-order valence-corrected chi connectivity index (χ2v) is 45.7. The predicted octanol–water partition coefficient (Wildman–Crippen LogP) is 20.0. The Balaban J connectivity index is 0.000000138. The molecule has 4 atom stereocenters. The number of methoxy groups -OCH3 is 4. The van der Waals surface area contributed by atoms with Gasteiger partial charge in [0, 0.05) is 115 Å². The second kappa shape index (κ2) is 46.3. The van der Waals surface area contributed by atoms with Crippen molar-refractivity contribution in [3.8, 4) is 46.0 Å². The molecule has 11 aromatic rings. The van der Waals surface area contributed by atoms with Gasteiger partial charge in [0.25, 0.3) is 36.0 Å². The molecule has 8 aliphatic rings. The molecule has 4 saturated carbocycles. The number of carbonyl (C=O) groups is 6. The number of hydrogen-bond acceptors (Lipinski definition) is 26. The number of aromatic nitrogens is 2. The quantitative estimate of drug-likeness (QED) is 0.0133. The van der Waals surface area contributed by atoms with Gasteiger partial charge >= 0.3 is 0 Å². The number of ether oxygens (including phenoxy) is 8. The van der Waals surface area contributed by atoms with E-state index in [2.05, 4.69) is 51.0 Å². The Labute approximate surface area is 859 Å². The molecular formula is C104H116BrClN12O21S5. The van der Waals surface area contributed by atoms with Gasteiger partial charge in [-0.1, -0.05) is 76.6 Å². The summed E-state index contributed by atoms with van der Waals surface area (Å²) in [5, 5.41) is 6.46. The average Bonchev–Trinajstić information content (AvgIpc) is 1.57. The van der Waals surface area contributed by atoms with Gasteiger partial charge in [-0.25, -0.2) is 36.1 Å². The molecular weight excluding hydrogens is 2030 g/mol. The van der Waals surface area contributed by atoms with E-state index in [1.807, 2.05) is 78.9 Å². The zero-order valence-electron chi connectivity index (χ0n) is 81.0. The third-order valence-electron chi connectivity index (χ3n) is 26.7. The van der Waals surface area contributed by atoms with Gasteiger partial charge in [-0.05, 0) is 289 Å². The zero-order valence-corrected chi connectivity index (χ0v) is 87.4. The number of sulfonamides is 3. The Hall–Kier alpha value is -12.5. The second-order valence-electron chi connectivity index (χ2n) is 36.8. The third-order valence-corrected chi connectivity index (χ3v) is 35.7. The number of rotatable bonds is 31. The zero-order chi connectivity index (χ0) is 102. The molecule has 4 saturated heterocycles. The lowest BCUT2D eigenvalue weighted by Gasteiger charge is -2.20.